The van der Waals surface area contributed by atoms with Gasteiger partial charge in [-0.15, -0.1) is 23.5 Å². The summed E-state index contributed by atoms with van der Waals surface area (Å²) in [4.78, 5) is 7.77. The first kappa shape index (κ1) is 96.6. The van der Waals surface area contributed by atoms with E-state index in [1.54, 1.807) is 91.2 Å². The summed E-state index contributed by atoms with van der Waals surface area (Å²) in [6.45, 7) is 47.3. The monoisotopic (exact) mass is 1880 g/mol. The van der Waals surface area contributed by atoms with Crippen LogP contribution in [0.5, 0.6) is 0 Å². The molecule has 597 valence electrons. The maximum Gasteiger partial charge on any atom is 1.00 e. The topological polar surface area (TPSA) is 93.6 Å². The van der Waals surface area contributed by atoms with E-state index in [1.807, 2.05) is 66.7 Å². The number of benzene rings is 11. The molecular weight excluding hydrogens is 1770 g/mol. The van der Waals surface area contributed by atoms with Gasteiger partial charge in [-0.2, -0.15) is 0 Å². The van der Waals surface area contributed by atoms with Gasteiger partial charge in [0, 0.05) is 75.8 Å². The Morgan fingerprint density at radius 3 is 1.09 bits per heavy atom. The number of aliphatic hydroxyl groups excluding tert-OH is 1. The molecule has 1 radical (unpaired) electrons. The predicted molar refractivity (Wildman–Crippen MR) is 500 cm³/mol. The standard InChI is InChI=1S/2C25H39P3.C16H10N.C12H10N.C11H6F2N.C7H7NO.2Cu.Ir/c2*1-18(2)27(19(3)4)24-16-12-10-14-22(24)26(9)23-15-11-13-17-25(23)28(20(5)6)21(7)8;17-14-9-7-12-5-4-10-2-1-3-11-6-8-13(14)16(12)15(10)11;13-12-9-5-4-8-11(12)10-6-2-1-3-7-10;12-8-4-5-9(10(13)7-8)11-3-1-2-6-14-11;1-6(9)7-4-2-3-5-8-7;;;/h2*10-21H,1-9H3;1-9,17H;1-9,13H;1-4,6-7H;2-5,9H,1H2;;;/q;;3*-1;;2*+1;/p+6. The first-order valence-electron chi connectivity index (χ1n) is 38.5. The third kappa shape index (κ3) is 25.8. The molecule has 11 aromatic carbocycles. The Morgan fingerprint density at radius 1 is 0.384 bits per heavy atom. The molecule has 0 fully saturated rings. The summed E-state index contributed by atoms with van der Waals surface area (Å²) >= 11 is 0. The molecule has 0 aliphatic heterocycles. The van der Waals surface area contributed by atoms with E-state index in [0.717, 1.165) is 73.9 Å². The molecule has 2 aromatic heterocycles. The Hall–Kier alpha value is -5.97. The minimum atomic E-state index is -0.775. The van der Waals surface area contributed by atoms with Crippen molar-refractivity contribution in [3.8, 4) is 22.4 Å². The van der Waals surface area contributed by atoms with Gasteiger partial charge in [0.25, 0.3) is 0 Å². The zero-order valence-electron chi connectivity index (χ0n) is 68.3. The number of halogens is 2. The number of rotatable bonds is 19. The largest absolute Gasteiger partial charge is 1.00 e. The fraction of sp³-hybridized carbons (Fsp3) is 0.271. The van der Waals surface area contributed by atoms with Crippen molar-refractivity contribution in [2.45, 2.75) is 156 Å². The quantitative estimate of drug-likeness (QED) is 0.0287. The number of pyridine rings is 2. The van der Waals surface area contributed by atoms with E-state index < -0.39 is 59.2 Å². The molecule has 13 rings (SSSR count). The molecular formula is C96H117Cu2F2IrN4OP6+5. The number of aromatic nitrogens is 2. The Labute approximate surface area is 711 Å². The normalized spacial score (nSPS) is 11.2. The summed E-state index contributed by atoms with van der Waals surface area (Å²) in [6.07, 6.45) is 3.16. The second kappa shape index (κ2) is 47.3. The molecule has 0 saturated heterocycles. The van der Waals surface area contributed by atoms with E-state index in [9.17, 15) is 8.78 Å². The summed E-state index contributed by atoms with van der Waals surface area (Å²) < 4.78 is 25.8. The van der Waals surface area contributed by atoms with Crippen LogP contribution in [0.3, 0.4) is 0 Å². The van der Waals surface area contributed by atoms with Gasteiger partial charge in [0.2, 0.25) is 0 Å². The number of hydrogen-bond acceptors (Lipinski definition) is 3. The SMILES string of the molecule is C=C(O)c1ccccn1.CC(C)[PH+](c1ccccc1[PH+](C)c1ccccc1[PH+](C(C)C)C(C)C)C(C)C.CC(C)[PH+](c1ccccc1[PH+](C)c1ccccc1[PH+](C(C)C)C(C)C)C(C)C.Fc1c[c-]c(-c2ccccn2)c(F)c1.[Cu+].[Cu+].[Ir].[NH-]c1ccc2ccc3cccc4ccc1c2c34.[NH-]c1ccccc1-c1ccccc1. The van der Waals surface area contributed by atoms with Crippen LogP contribution < -0.4 is 42.4 Å². The molecule has 112 heavy (non-hydrogen) atoms. The van der Waals surface area contributed by atoms with Gasteiger partial charge in [0.05, 0.1) is 74.4 Å². The molecule has 0 aliphatic rings. The van der Waals surface area contributed by atoms with Crippen LogP contribution in [0.4, 0.5) is 20.2 Å². The van der Waals surface area contributed by atoms with Crippen LogP contribution in [-0.2, 0) is 54.2 Å². The molecule has 16 heteroatoms. The molecule has 0 unspecified atom stereocenters. The third-order valence-corrected chi connectivity index (χ3v) is 40.0. The number of nitrogens with zero attached hydrogens (tertiary/aromatic N) is 2. The Balaban J connectivity index is 0.000000248. The van der Waals surface area contributed by atoms with Crippen LogP contribution in [0, 0.1) is 17.7 Å². The minimum Gasteiger partial charge on any atom is -0.698 e. The summed E-state index contributed by atoms with van der Waals surface area (Å²) in [5, 5.41) is 29.6. The van der Waals surface area contributed by atoms with E-state index in [4.69, 9.17) is 16.6 Å². The molecule has 0 aliphatic carbocycles. The number of aliphatic hydroxyl groups is 1. The second-order valence-electron chi connectivity index (χ2n) is 30.3. The Morgan fingerprint density at radius 2 is 0.732 bits per heavy atom. The van der Waals surface area contributed by atoms with Gasteiger partial charge in [-0.1, -0.05) is 194 Å². The van der Waals surface area contributed by atoms with Crippen molar-refractivity contribution in [2.24, 2.45) is 0 Å². The fourth-order valence-electron chi connectivity index (χ4n) is 15.5. The third-order valence-electron chi connectivity index (χ3n) is 19.8. The number of hydrogen-bond donors (Lipinski definition) is 1. The van der Waals surface area contributed by atoms with Gasteiger partial charge in [-0.05, 0) is 227 Å². The van der Waals surface area contributed by atoms with Gasteiger partial charge in [-0.25, -0.2) is 0 Å². The van der Waals surface area contributed by atoms with E-state index in [-0.39, 0.29) is 65.6 Å². The zero-order chi connectivity index (χ0) is 79.2. The van der Waals surface area contributed by atoms with Gasteiger partial charge >= 0.3 is 34.1 Å². The van der Waals surface area contributed by atoms with Crippen LogP contribution in [0.15, 0.2) is 274 Å². The van der Waals surface area contributed by atoms with E-state index in [1.165, 1.54) is 26.9 Å². The zero-order valence-corrected chi connectivity index (χ0v) is 78.5. The molecule has 0 amide bonds. The van der Waals surface area contributed by atoms with Crippen LogP contribution in [0.1, 0.15) is 116 Å². The maximum atomic E-state index is 13.2. The summed E-state index contributed by atoms with van der Waals surface area (Å²) in [7, 11) is -3.82. The van der Waals surface area contributed by atoms with Crippen molar-refractivity contribution < 1.29 is 68.1 Å². The van der Waals surface area contributed by atoms with E-state index in [2.05, 4.69) is 286 Å². The van der Waals surface area contributed by atoms with Crippen molar-refractivity contribution >= 4 is 139 Å². The average molecular weight is 1890 g/mol. The molecule has 5 nitrogen and oxygen atoms in total. The summed E-state index contributed by atoms with van der Waals surface area (Å²) in [6, 6.07) is 89.0. The van der Waals surface area contributed by atoms with Crippen molar-refractivity contribution in [1.29, 1.82) is 0 Å². The summed E-state index contributed by atoms with van der Waals surface area (Å²) in [5.41, 5.74) is 26.3. The minimum absolute atomic E-state index is 0. The van der Waals surface area contributed by atoms with Crippen molar-refractivity contribution in [2.75, 3.05) is 13.3 Å². The summed E-state index contributed by atoms with van der Waals surface area (Å²) in [5.74, 6) is -1.28. The van der Waals surface area contributed by atoms with E-state index in [0.29, 0.717) is 22.8 Å². The van der Waals surface area contributed by atoms with E-state index >= 15 is 0 Å². The van der Waals surface area contributed by atoms with Crippen molar-refractivity contribution in [1.82, 2.24) is 9.97 Å². The first-order valence-corrected chi connectivity index (χ1v) is 49.1. The molecule has 0 bridgehead atoms. The molecule has 0 spiro atoms. The van der Waals surface area contributed by atoms with Crippen molar-refractivity contribution in [3.05, 3.63) is 309 Å². The average Bonchev–Trinajstić information content (AvgIpc) is 0.744. The molecule has 13 aromatic rings. The van der Waals surface area contributed by atoms with Gasteiger partial charge in [-0.3, -0.25) is 13.8 Å². The molecule has 0 atom stereocenters. The second-order valence-corrected chi connectivity index (χ2v) is 50.0. The van der Waals surface area contributed by atoms with Crippen LogP contribution in [0.2, 0.25) is 0 Å². The molecule has 3 N–H and O–H groups in total. The maximum absolute atomic E-state index is 13.2. The van der Waals surface area contributed by atoms with Gasteiger partial charge in [0.15, 0.2) is 0 Å². The van der Waals surface area contributed by atoms with Crippen LogP contribution >= 0.6 is 47.5 Å². The van der Waals surface area contributed by atoms with Crippen LogP contribution in [0.25, 0.3) is 71.9 Å². The van der Waals surface area contributed by atoms with Crippen LogP contribution in [-0.4, -0.2) is 73.7 Å². The first-order chi connectivity index (χ1) is 52.1. The Kier molecular flexibility index (Phi) is 40.8. The predicted octanol–water partition coefficient (Wildman–Crippen LogP) is 25.3. The van der Waals surface area contributed by atoms with Gasteiger partial charge < -0.3 is 21.6 Å². The fourth-order valence-corrected chi connectivity index (χ4v) is 36.4. The molecule has 2 heterocycles. The number of nitrogens with one attached hydrogen (secondary N) is 2. The smallest absolute Gasteiger partial charge is 0.698 e. The Bertz CT molecular complexity index is 4680. The molecule has 0 saturated carbocycles. The van der Waals surface area contributed by atoms with Gasteiger partial charge in [0.1, 0.15) is 53.9 Å². The van der Waals surface area contributed by atoms with Crippen molar-refractivity contribution in [3.63, 3.8) is 0 Å².